The van der Waals surface area contributed by atoms with E-state index in [9.17, 15) is 0 Å². The normalized spacial score (nSPS) is 20.0. The van der Waals surface area contributed by atoms with Crippen LogP contribution in [0.3, 0.4) is 0 Å². The van der Waals surface area contributed by atoms with Gasteiger partial charge in [-0.05, 0) is 424 Å². The second-order valence-electron chi connectivity index (χ2n) is 59.0. The van der Waals surface area contributed by atoms with Crippen molar-refractivity contribution in [3.05, 3.63) is 0 Å². The summed E-state index contributed by atoms with van der Waals surface area (Å²) in [4.78, 5) is 19.8. The molecule has 6 saturated heterocycles. The van der Waals surface area contributed by atoms with Crippen LogP contribution in [0.5, 0.6) is 0 Å². The van der Waals surface area contributed by atoms with E-state index in [1.165, 1.54) is 375 Å². The molecule has 12 nitrogen and oxygen atoms in total. The third-order valence-corrected chi connectivity index (χ3v) is 29.7. The van der Waals surface area contributed by atoms with Crippen LogP contribution in [0.1, 0.15) is 513 Å². The summed E-state index contributed by atoms with van der Waals surface area (Å²) in [6.45, 7) is 111. The van der Waals surface area contributed by atoms with Crippen LogP contribution in [0.15, 0.2) is 0 Å². The van der Waals surface area contributed by atoms with Crippen molar-refractivity contribution in [1.29, 1.82) is 0 Å². The van der Waals surface area contributed by atoms with Crippen LogP contribution in [-0.4, -0.2) is 251 Å². The smallest absolute Gasteiger partial charge is 0.0593 e. The van der Waals surface area contributed by atoms with Gasteiger partial charge in [0.2, 0.25) is 0 Å². The van der Waals surface area contributed by atoms with Gasteiger partial charge >= 0.3 is 0 Å². The maximum Gasteiger partial charge on any atom is 0.0593 e. The highest BCUT2D eigenvalue weighted by Crippen LogP contribution is 2.38. The zero-order valence-corrected chi connectivity index (χ0v) is 103. The molecule has 10 aliphatic rings. The molecule has 6 aliphatic heterocycles. The average molecular weight is 1950 g/mol. The van der Waals surface area contributed by atoms with Crippen LogP contribution in [0, 0.1) is 95.6 Å². The Morgan fingerprint density at radius 1 is 0.297 bits per heavy atom. The monoisotopic (exact) mass is 1950 g/mol. The molecule has 4 aliphatic carbocycles. The van der Waals surface area contributed by atoms with Gasteiger partial charge in [-0.2, -0.15) is 0 Å². The molecule has 2 unspecified atom stereocenters. The van der Waals surface area contributed by atoms with Crippen molar-refractivity contribution in [2.24, 2.45) is 95.6 Å². The van der Waals surface area contributed by atoms with Crippen LogP contribution in [0.25, 0.3) is 0 Å². The van der Waals surface area contributed by atoms with E-state index in [-0.39, 0.29) is 0 Å². The fourth-order valence-electron chi connectivity index (χ4n) is 19.0. The fraction of sp³-hybridized carbons (Fsp3) is 1.00. The van der Waals surface area contributed by atoms with Crippen LogP contribution in [0.2, 0.25) is 0 Å². The molecule has 0 radical (unpaired) electrons. The van der Waals surface area contributed by atoms with Gasteiger partial charge < -0.3 is 58.7 Å². The number of nitrogens with zero attached hydrogens (tertiary/aromatic N) is 8. The highest BCUT2D eigenvalue weighted by atomic mass is 16.5. The maximum atomic E-state index is 5.62. The second-order valence-corrected chi connectivity index (χ2v) is 59.0. The molecular formula is C126H265N9O3. The number of ether oxygens (including phenoxy) is 3. The van der Waals surface area contributed by atoms with Crippen molar-refractivity contribution in [3.63, 3.8) is 0 Å². The van der Waals surface area contributed by atoms with E-state index >= 15 is 0 Å². The third-order valence-electron chi connectivity index (χ3n) is 29.7. The van der Waals surface area contributed by atoms with Gasteiger partial charge in [-0.25, -0.2) is 0 Å². The van der Waals surface area contributed by atoms with E-state index in [2.05, 4.69) is 329 Å². The van der Waals surface area contributed by atoms with Gasteiger partial charge in [0.25, 0.3) is 0 Å². The summed E-state index contributed by atoms with van der Waals surface area (Å²) in [5.41, 5.74) is 5.13. The van der Waals surface area contributed by atoms with Gasteiger partial charge in [0.15, 0.2) is 0 Å². The van der Waals surface area contributed by atoms with Crippen molar-refractivity contribution in [1.82, 2.24) is 44.5 Å². The minimum atomic E-state index is 0.311. The lowest BCUT2D eigenvalue weighted by Crippen LogP contribution is -2.46. The molecule has 0 amide bonds. The van der Waals surface area contributed by atoms with Gasteiger partial charge in [0, 0.05) is 71.6 Å². The molecule has 0 aromatic heterocycles. The van der Waals surface area contributed by atoms with Gasteiger partial charge in [0.1, 0.15) is 0 Å². The summed E-state index contributed by atoms with van der Waals surface area (Å²) in [6, 6.07) is 0.874. The molecule has 0 spiro atoms. The first-order valence-corrected chi connectivity index (χ1v) is 59.8. The van der Waals surface area contributed by atoms with Crippen molar-refractivity contribution >= 4 is 0 Å². The molecule has 4 saturated carbocycles. The molecule has 10 fully saturated rings. The van der Waals surface area contributed by atoms with Gasteiger partial charge in [-0.15, -0.1) is 0 Å². The standard InChI is InChI=1S/2C12H25N.2C11H23NO.2C11H23N.C11H22.C10H21N.C10H23N.C10H20.C9H21N.C8H16O/c1-12(2,3)8-4-5-9-13-10-6-7-11-13;1-5-13-9-7-11(10-13)6-8-12(2,3)4;1-10(2)13-9-5-8-12(3)11-6-4-7-11;1-11(2,3)10-13-9-8-12-6-4-5-7-12;1-11(2,3)7-5-10-6-8-12(4)9-10;1-5-12-8-10(9-12)6-7-11(2,3)4;1-11(2,3)9-8-10-6-4-5-7-10;1-10(2,3)6-5-9-7-11(4)8-9;1-10(2,3)8-6-7-9-11(4)5;1-10(2,3)8-7-9-5-4-6-9;1-9(2,3)7-5-6-8-10-4;1-7(2)9-6-8-4-3-5-8/h4-11H2,1-3H3;11H,5-10H2,1-4H3;10-11H,4-9H2,1-3H3;4-10H2,1-3H3;2*10H,5-9H2,1-4H3;10H,4-9H2,1-3H3;9H,5-8H2,1-4H3;6-9H2,1-5H3;9H,4-8H2,1-3H3;10H,5-8H2,1-4H3;7-8H,3-6H2,1-2H3. The van der Waals surface area contributed by atoms with Gasteiger partial charge in [-0.3, -0.25) is 0 Å². The number of rotatable bonds is 39. The first-order valence-electron chi connectivity index (χ1n) is 59.8. The Morgan fingerprint density at radius 3 is 0.978 bits per heavy atom. The van der Waals surface area contributed by atoms with E-state index < -0.39 is 0 Å². The number of hydrogen-bond donors (Lipinski definition) is 1. The first kappa shape index (κ1) is 140. The van der Waals surface area contributed by atoms with Crippen LogP contribution in [0.4, 0.5) is 0 Å². The Morgan fingerprint density at radius 2 is 0.645 bits per heavy atom. The summed E-state index contributed by atoms with van der Waals surface area (Å²) in [7, 11) is 13.0. The topological polar surface area (TPSA) is 65.6 Å². The lowest BCUT2D eigenvalue weighted by molar-refractivity contribution is 0.0298. The molecule has 6 heterocycles. The Hall–Kier alpha value is -0.480. The SMILES string of the molecule is CC(C)(C)CCC1CCC1.CC(C)(C)CCC1CCCC1.CC(C)(C)CCCCN1CCCC1.CC(C)(C)COCCN1CCCC1.CC(C)OCC1CCC1.CC(C)OCCCN(C)C1CCC1.CCN1CC(CCC(C)(C)C)C1.CCN1CCC(CCC(C)(C)C)C1.CN(C)CCCCC(C)(C)C.CN1CC(CCC(C)(C)C)C1.CN1CCC(CCC(C)(C)C)C1.CNCCCCC(C)(C)C. The van der Waals surface area contributed by atoms with E-state index in [1.54, 1.807) is 0 Å². The molecule has 12 heteroatoms. The fourth-order valence-corrected chi connectivity index (χ4v) is 19.0. The van der Waals surface area contributed by atoms with Crippen molar-refractivity contribution in [2.45, 2.75) is 531 Å². The Labute approximate surface area is 872 Å². The number of likely N-dealkylation sites (tertiary alicyclic amines) is 6. The predicted molar refractivity (Wildman–Crippen MR) is 622 cm³/mol. The Bertz CT molecular complexity index is 2620. The molecule has 0 aromatic carbocycles. The van der Waals surface area contributed by atoms with E-state index in [4.69, 9.17) is 14.2 Å². The number of nitrogens with one attached hydrogen (secondary N) is 1. The zero-order chi connectivity index (χ0) is 105. The highest BCUT2D eigenvalue weighted by Gasteiger charge is 2.30. The van der Waals surface area contributed by atoms with E-state index in [0.29, 0.717) is 66.4 Å². The van der Waals surface area contributed by atoms with Crippen molar-refractivity contribution in [3.8, 4) is 0 Å². The minimum Gasteiger partial charge on any atom is -0.380 e. The summed E-state index contributed by atoms with van der Waals surface area (Å²) in [5.74, 6) is 7.04. The summed E-state index contributed by atoms with van der Waals surface area (Å²) >= 11 is 0. The summed E-state index contributed by atoms with van der Waals surface area (Å²) < 4.78 is 16.6. The number of unbranched alkanes of at least 4 members (excludes halogenated alkanes) is 3. The van der Waals surface area contributed by atoms with Crippen LogP contribution < -0.4 is 5.32 Å². The Kier molecular flexibility index (Phi) is 77.0. The van der Waals surface area contributed by atoms with E-state index in [0.717, 1.165) is 87.0 Å². The van der Waals surface area contributed by atoms with Gasteiger partial charge in [0.05, 0.1) is 25.4 Å². The molecule has 0 aromatic rings. The zero-order valence-electron chi connectivity index (χ0n) is 103. The molecule has 1 N–H and O–H groups in total. The number of hydrogen-bond acceptors (Lipinski definition) is 12. The Balaban J connectivity index is 0. The lowest BCUT2D eigenvalue weighted by Gasteiger charge is -2.39. The quantitative estimate of drug-likeness (QED) is 0.0597. The molecule has 10 rings (SSSR count). The summed E-state index contributed by atoms with van der Waals surface area (Å²) in [5, 5.41) is 3.15. The van der Waals surface area contributed by atoms with Crippen molar-refractivity contribution < 1.29 is 14.2 Å². The van der Waals surface area contributed by atoms with Crippen LogP contribution in [-0.2, 0) is 14.2 Å². The third kappa shape index (κ3) is 96.4. The maximum absolute atomic E-state index is 5.62. The molecule has 0 bridgehead atoms. The molecule has 2 atom stereocenters. The van der Waals surface area contributed by atoms with Crippen LogP contribution >= 0.6 is 0 Å². The second kappa shape index (κ2) is 76.1. The largest absolute Gasteiger partial charge is 0.380 e. The van der Waals surface area contributed by atoms with Gasteiger partial charge in [-0.1, -0.05) is 299 Å². The molecule has 138 heavy (non-hydrogen) atoms. The predicted octanol–water partition coefficient (Wildman–Crippen LogP) is 33.8. The molecular weight excluding hydrogens is 1690 g/mol. The average Bonchev–Trinajstić information content (AvgIpc) is 1.50. The highest BCUT2D eigenvalue weighted by molar-refractivity contribution is 4.84. The lowest BCUT2D eigenvalue weighted by atomic mass is 9.78. The van der Waals surface area contributed by atoms with Crippen molar-refractivity contribution in [2.75, 3.05) is 193 Å². The minimum absolute atomic E-state index is 0.311. The first-order chi connectivity index (χ1) is 63.7. The molecule has 832 valence electrons. The van der Waals surface area contributed by atoms with E-state index in [1.807, 2.05) is 7.05 Å². The summed E-state index contributed by atoms with van der Waals surface area (Å²) in [6.07, 6.45) is 58.7.